The molecule has 0 aromatic heterocycles. The molecular formula is C14H20ClN. The third-order valence-electron chi connectivity index (χ3n) is 3.54. The zero-order chi connectivity index (χ0) is 11.5. The molecule has 2 rings (SSSR count). The first-order valence-electron chi connectivity index (χ1n) is 6.08. The van der Waals surface area contributed by atoms with E-state index in [9.17, 15) is 0 Å². The van der Waals surface area contributed by atoms with E-state index < -0.39 is 0 Å². The van der Waals surface area contributed by atoms with Gasteiger partial charge in [-0.05, 0) is 56.5 Å². The lowest BCUT2D eigenvalue weighted by atomic mass is 10.0. The van der Waals surface area contributed by atoms with Gasteiger partial charge in [-0.15, -0.1) is 11.6 Å². The first-order chi connectivity index (χ1) is 7.66. The van der Waals surface area contributed by atoms with E-state index in [0.29, 0.717) is 5.38 Å². The van der Waals surface area contributed by atoms with Crippen LogP contribution in [0.2, 0.25) is 0 Å². The molecular weight excluding hydrogens is 218 g/mol. The maximum Gasteiger partial charge on any atom is 0.0360 e. The molecule has 0 amide bonds. The average Bonchev–Trinajstić information content (AvgIpc) is 2.26. The number of hydrogen-bond acceptors (Lipinski definition) is 1. The van der Waals surface area contributed by atoms with Crippen LogP contribution in [-0.2, 0) is 6.54 Å². The Morgan fingerprint density at radius 3 is 2.31 bits per heavy atom. The molecule has 16 heavy (non-hydrogen) atoms. The van der Waals surface area contributed by atoms with Crippen molar-refractivity contribution < 1.29 is 0 Å². The minimum atomic E-state index is 0.397. The van der Waals surface area contributed by atoms with Gasteiger partial charge in [-0.2, -0.15) is 0 Å². The summed E-state index contributed by atoms with van der Waals surface area (Å²) in [5.41, 5.74) is 4.32. The van der Waals surface area contributed by atoms with Crippen molar-refractivity contribution in [1.82, 2.24) is 4.90 Å². The summed E-state index contributed by atoms with van der Waals surface area (Å²) in [7, 11) is 0. The second kappa shape index (κ2) is 5.20. The lowest BCUT2D eigenvalue weighted by molar-refractivity contribution is 0.222. The van der Waals surface area contributed by atoms with Gasteiger partial charge in [0.25, 0.3) is 0 Å². The van der Waals surface area contributed by atoms with E-state index in [-0.39, 0.29) is 0 Å². The van der Waals surface area contributed by atoms with Gasteiger partial charge in [0.15, 0.2) is 0 Å². The number of piperidine rings is 1. The molecule has 1 heterocycles. The number of likely N-dealkylation sites (tertiary alicyclic amines) is 1. The Labute approximate surface area is 103 Å². The summed E-state index contributed by atoms with van der Waals surface area (Å²) in [6.07, 6.45) is 2.26. The summed E-state index contributed by atoms with van der Waals surface area (Å²) in [5, 5.41) is 0.397. The topological polar surface area (TPSA) is 3.24 Å². The molecule has 1 aliphatic rings. The Morgan fingerprint density at radius 1 is 1.19 bits per heavy atom. The molecule has 0 atom stereocenters. The minimum Gasteiger partial charge on any atom is -0.299 e. The van der Waals surface area contributed by atoms with Crippen molar-refractivity contribution in [2.24, 2.45) is 0 Å². The van der Waals surface area contributed by atoms with Crippen LogP contribution in [0.1, 0.15) is 29.5 Å². The van der Waals surface area contributed by atoms with Gasteiger partial charge in [0, 0.05) is 11.9 Å². The molecule has 0 aliphatic carbocycles. The molecule has 0 spiro atoms. The summed E-state index contributed by atoms with van der Waals surface area (Å²) in [6.45, 7) is 7.78. The van der Waals surface area contributed by atoms with Crippen LogP contribution in [0.15, 0.2) is 18.2 Å². The number of rotatable bonds is 2. The fraction of sp³-hybridized carbons (Fsp3) is 0.571. The Morgan fingerprint density at radius 2 is 1.75 bits per heavy atom. The first kappa shape index (κ1) is 11.9. The number of alkyl halides is 1. The highest BCUT2D eigenvalue weighted by Crippen LogP contribution is 2.20. The molecule has 1 aliphatic heterocycles. The fourth-order valence-electron chi connectivity index (χ4n) is 2.38. The van der Waals surface area contributed by atoms with Crippen LogP contribution in [0, 0.1) is 13.8 Å². The normalized spacial score (nSPS) is 18.9. The van der Waals surface area contributed by atoms with Crippen LogP contribution < -0.4 is 0 Å². The molecule has 2 heteroatoms. The number of halogens is 1. The summed E-state index contributed by atoms with van der Waals surface area (Å²) in [5.74, 6) is 0. The molecule has 1 nitrogen and oxygen atoms in total. The second-order valence-electron chi connectivity index (χ2n) is 4.82. The van der Waals surface area contributed by atoms with Gasteiger partial charge in [0.05, 0.1) is 0 Å². The number of benzene rings is 1. The highest BCUT2D eigenvalue weighted by atomic mass is 35.5. The standard InChI is InChI=1S/C14H20ClN/c1-11-4-3-5-12(2)14(11)10-16-8-6-13(15)7-9-16/h3-5,13H,6-10H2,1-2H3. The van der Waals surface area contributed by atoms with E-state index in [2.05, 4.69) is 36.9 Å². The summed E-state index contributed by atoms with van der Waals surface area (Å²) in [6, 6.07) is 6.55. The van der Waals surface area contributed by atoms with Gasteiger partial charge in [-0.1, -0.05) is 18.2 Å². The van der Waals surface area contributed by atoms with Crippen molar-refractivity contribution in [3.05, 3.63) is 34.9 Å². The van der Waals surface area contributed by atoms with Crippen molar-refractivity contribution in [3.8, 4) is 0 Å². The number of nitrogens with zero attached hydrogens (tertiary/aromatic N) is 1. The molecule has 0 radical (unpaired) electrons. The molecule has 1 aromatic carbocycles. The lowest BCUT2D eigenvalue weighted by Crippen LogP contribution is -2.33. The van der Waals surface area contributed by atoms with Gasteiger partial charge < -0.3 is 0 Å². The molecule has 1 aromatic rings. The van der Waals surface area contributed by atoms with E-state index in [4.69, 9.17) is 11.6 Å². The molecule has 1 saturated heterocycles. The quantitative estimate of drug-likeness (QED) is 0.712. The number of aryl methyl sites for hydroxylation is 2. The van der Waals surface area contributed by atoms with Crippen molar-refractivity contribution in [3.63, 3.8) is 0 Å². The Hall–Kier alpha value is -0.530. The summed E-state index contributed by atoms with van der Waals surface area (Å²) >= 11 is 6.12. The number of hydrogen-bond donors (Lipinski definition) is 0. The predicted molar refractivity (Wildman–Crippen MR) is 70.1 cm³/mol. The molecule has 1 fully saturated rings. The van der Waals surface area contributed by atoms with Crippen LogP contribution in [0.5, 0.6) is 0 Å². The average molecular weight is 238 g/mol. The first-order valence-corrected chi connectivity index (χ1v) is 6.52. The smallest absolute Gasteiger partial charge is 0.0360 e. The molecule has 0 bridgehead atoms. The molecule has 0 unspecified atom stereocenters. The maximum absolute atomic E-state index is 6.12. The zero-order valence-electron chi connectivity index (χ0n) is 10.2. The summed E-state index contributed by atoms with van der Waals surface area (Å²) in [4.78, 5) is 2.52. The van der Waals surface area contributed by atoms with Gasteiger partial charge >= 0.3 is 0 Å². The van der Waals surface area contributed by atoms with Crippen molar-refractivity contribution in [2.45, 2.75) is 38.6 Å². The van der Waals surface area contributed by atoms with Crippen LogP contribution in [0.25, 0.3) is 0 Å². The van der Waals surface area contributed by atoms with Crippen LogP contribution >= 0.6 is 11.6 Å². The zero-order valence-corrected chi connectivity index (χ0v) is 10.9. The van der Waals surface area contributed by atoms with Crippen molar-refractivity contribution in [1.29, 1.82) is 0 Å². The van der Waals surface area contributed by atoms with E-state index in [1.54, 1.807) is 0 Å². The lowest BCUT2D eigenvalue weighted by Gasteiger charge is -2.30. The molecule has 0 N–H and O–H groups in total. The van der Waals surface area contributed by atoms with Crippen LogP contribution in [0.4, 0.5) is 0 Å². The van der Waals surface area contributed by atoms with Crippen LogP contribution in [-0.4, -0.2) is 23.4 Å². The Bertz CT molecular complexity index is 334. The Balaban J connectivity index is 2.04. The van der Waals surface area contributed by atoms with E-state index in [0.717, 1.165) is 32.5 Å². The van der Waals surface area contributed by atoms with E-state index in [1.165, 1.54) is 16.7 Å². The molecule has 88 valence electrons. The third kappa shape index (κ3) is 2.78. The SMILES string of the molecule is Cc1cccc(C)c1CN1CCC(Cl)CC1. The maximum atomic E-state index is 6.12. The largest absolute Gasteiger partial charge is 0.299 e. The highest BCUT2D eigenvalue weighted by Gasteiger charge is 2.17. The van der Waals surface area contributed by atoms with Crippen molar-refractivity contribution >= 4 is 11.6 Å². The Kier molecular flexibility index (Phi) is 3.88. The predicted octanol–water partition coefficient (Wildman–Crippen LogP) is 3.51. The fourth-order valence-corrected chi connectivity index (χ4v) is 2.58. The van der Waals surface area contributed by atoms with Gasteiger partial charge in [0.2, 0.25) is 0 Å². The van der Waals surface area contributed by atoms with Crippen molar-refractivity contribution in [2.75, 3.05) is 13.1 Å². The van der Waals surface area contributed by atoms with E-state index >= 15 is 0 Å². The minimum absolute atomic E-state index is 0.397. The van der Waals surface area contributed by atoms with Crippen LogP contribution in [0.3, 0.4) is 0 Å². The van der Waals surface area contributed by atoms with E-state index in [1.807, 2.05) is 0 Å². The molecule has 0 saturated carbocycles. The second-order valence-corrected chi connectivity index (χ2v) is 5.44. The summed E-state index contributed by atoms with van der Waals surface area (Å²) < 4.78 is 0. The third-order valence-corrected chi connectivity index (χ3v) is 3.98. The monoisotopic (exact) mass is 237 g/mol. The highest BCUT2D eigenvalue weighted by molar-refractivity contribution is 6.20. The van der Waals surface area contributed by atoms with Gasteiger partial charge in [-0.3, -0.25) is 4.90 Å². The van der Waals surface area contributed by atoms with Gasteiger partial charge in [0.1, 0.15) is 0 Å². The van der Waals surface area contributed by atoms with Gasteiger partial charge in [-0.25, -0.2) is 0 Å².